The van der Waals surface area contributed by atoms with Gasteiger partial charge in [0.15, 0.2) is 5.78 Å². The molecule has 2 saturated carbocycles. The minimum Gasteiger partial charge on any atom is -0.361 e. The van der Waals surface area contributed by atoms with Crippen molar-refractivity contribution in [2.75, 3.05) is 5.32 Å². The molecule has 3 rings (SSSR count). The molecule has 0 unspecified atom stereocenters. The van der Waals surface area contributed by atoms with E-state index in [0.717, 1.165) is 24.1 Å². The summed E-state index contributed by atoms with van der Waals surface area (Å²) in [6.07, 6.45) is 4.13. The number of aryl methyl sites for hydroxylation is 2. The van der Waals surface area contributed by atoms with Crippen LogP contribution in [0.15, 0.2) is 30.0 Å². The van der Waals surface area contributed by atoms with Crippen molar-refractivity contribution in [1.29, 1.82) is 0 Å². The maximum absolute atomic E-state index is 12.7. The second-order valence-electron chi connectivity index (χ2n) is 7.52. The van der Waals surface area contributed by atoms with Gasteiger partial charge in [-0.15, -0.1) is 0 Å². The minimum absolute atomic E-state index is 0.0841. The van der Waals surface area contributed by atoms with E-state index in [9.17, 15) is 4.79 Å². The van der Waals surface area contributed by atoms with Crippen LogP contribution in [0.4, 0.5) is 5.69 Å². The van der Waals surface area contributed by atoms with Crippen molar-refractivity contribution in [2.24, 2.45) is 16.7 Å². The van der Waals surface area contributed by atoms with Gasteiger partial charge in [-0.2, -0.15) is 0 Å². The average Bonchev–Trinajstić information content (AvgIpc) is 2.73. The van der Waals surface area contributed by atoms with Crippen molar-refractivity contribution in [3.8, 4) is 0 Å². The predicted octanol–water partition coefficient (Wildman–Crippen LogP) is 4.62. The Morgan fingerprint density at radius 3 is 2.48 bits per heavy atom. The molecule has 1 aromatic rings. The molecule has 1 aromatic carbocycles. The summed E-state index contributed by atoms with van der Waals surface area (Å²) in [5.74, 6) is 0.745. The number of allylic oxidation sites excluding steroid dienone is 1. The first kappa shape index (κ1) is 14.4. The SMILES string of the molecule is Cc1ccc(N/C=C2\C(=O)[C@]3(C)CC[C@@H]2C3(C)C)cc1C. The van der Waals surface area contributed by atoms with Gasteiger partial charge in [0, 0.05) is 22.9 Å². The molecule has 2 bridgehead atoms. The van der Waals surface area contributed by atoms with Crippen LogP contribution in [0.5, 0.6) is 0 Å². The van der Waals surface area contributed by atoms with E-state index in [1.54, 1.807) is 0 Å². The Morgan fingerprint density at radius 2 is 1.90 bits per heavy atom. The van der Waals surface area contributed by atoms with E-state index in [-0.39, 0.29) is 10.8 Å². The summed E-state index contributed by atoms with van der Waals surface area (Å²) in [6, 6.07) is 6.32. The Morgan fingerprint density at radius 1 is 1.19 bits per heavy atom. The molecule has 2 aliphatic carbocycles. The molecule has 0 spiro atoms. The van der Waals surface area contributed by atoms with Crippen LogP contribution >= 0.6 is 0 Å². The number of carbonyl (C=O) groups excluding carboxylic acids is 1. The molecule has 0 amide bonds. The van der Waals surface area contributed by atoms with Gasteiger partial charge in [0.05, 0.1) is 0 Å². The highest BCUT2D eigenvalue weighted by Gasteiger charge is 2.63. The van der Waals surface area contributed by atoms with E-state index in [1.807, 2.05) is 6.20 Å². The van der Waals surface area contributed by atoms with Gasteiger partial charge in [-0.1, -0.05) is 26.8 Å². The first-order valence-electron chi connectivity index (χ1n) is 7.86. The van der Waals surface area contributed by atoms with Crippen LogP contribution < -0.4 is 5.32 Å². The van der Waals surface area contributed by atoms with Crippen LogP contribution in [0, 0.1) is 30.6 Å². The fourth-order valence-corrected chi connectivity index (χ4v) is 4.09. The van der Waals surface area contributed by atoms with E-state index in [0.29, 0.717) is 11.7 Å². The quantitative estimate of drug-likeness (QED) is 0.802. The van der Waals surface area contributed by atoms with Gasteiger partial charge in [-0.25, -0.2) is 0 Å². The Bertz CT molecular complexity index is 641. The third-order valence-electron chi connectivity index (χ3n) is 6.27. The lowest BCUT2D eigenvalue weighted by Crippen LogP contribution is -2.32. The zero-order valence-corrected chi connectivity index (χ0v) is 13.7. The van der Waals surface area contributed by atoms with Crippen LogP contribution in [0.3, 0.4) is 0 Å². The van der Waals surface area contributed by atoms with Gasteiger partial charge < -0.3 is 5.32 Å². The highest BCUT2D eigenvalue weighted by molar-refractivity contribution is 6.04. The summed E-state index contributed by atoms with van der Waals surface area (Å²) in [5.41, 5.74) is 4.52. The molecule has 1 N–H and O–H groups in total. The van der Waals surface area contributed by atoms with Crippen molar-refractivity contribution in [3.05, 3.63) is 41.1 Å². The number of benzene rings is 1. The Balaban J connectivity index is 1.88. The van der Waals surface area contributed by atoms with Gasteiger partial charge >= 0.3 is 0 Å². The lowest BCUT2D eigenvalue weighted by atomic mass is 9.70. The smallest absolute Gasteiger partial charge is 0.167 e. The monoisotopic (exact) mass is 283 g/mol. The first-order chi connectivity index (χ1) is 9.77. The zero-order valence-electron chi connectivity index (χ0n) is 13.7. The number of hydrogen-bond acceptors (Lipinski definition) is 2. The highest BCUT2D eigenvalue weighted by Crippen LogP contribution is 2.65. The number of ketones is 1. The average molecular weight is 283 g/mol. The fourth-order valence-electron chi connectivity index (χ4n) is 4.09. The van der Waals surface area contributed by atoms with Gasteiger partial charge in [0.25, 0.3) is 0 Å². The van der Waals surface area contributed by atoms with E-state index >= 15 is 0 Å². The van der Waals surface area contributed by atoms with Crippen LogP contribution in [0.25, 0.3) is 0 Å². The van der Waals surface area contributed by atoms with E-state index in [4.69, 9.17) is 0 Å². The summed E-state index contributed by atoms with van der Waals surface area (Å²) in [5, 5.41) is 3.34. The van der Waals surface area contributed by atoms with Crippen molar-refractivity contribution in [1.82, 2.24) is 0 Å². The number of fused-ring (bicyclic) bond motifs is 2. The summed E-state index contributed by atoms with van der Waals surface area (Å²) in [7, 11) is 0. The molecule has 0 saturated heterocycles. The first-order valence-corrected chi connectivity index (χ1v) is 7.86. The maximum atomic E-state index is 12.7. The predicted molar refractivity (Wildman–Crippen MR) is 87.2 cm³/mol. The number of rotatable bonds is 2. The molecule has 112 valence electrons. The fraction of sp³-hybridized carbons (Fsp3) is 0.526. The van der Waals surface area contributed by atoms with Crippen LogP contribution in [-0.4, -0.2) is 5.78 Å². The molecule has 2 atom stereocenters. The second kappa shape index (κ2) is 4.46. The van der Waals surface area contributed by atoms with Crippen molar-refractivity contribution >= 4 is 11.5 Å². The van der Waals surface area contributed by atoms with Crippen LogP contribution in [-0.2, 0) is 4.79 Å². The van der Waals surface area contributed by atoms with Gasteiger partial charge in [-0.3, -0.25) is 4.79 Å². The summed E-state index contributed by atoms with van der Waals surface area (Å²) in [6.45, 7) is 10.9. The largest absolute Gasteiger partial charge is 0.361 e. The molecule has 2 fully saturated rings. The maximum Gasteiger partial charge on any atom is 0.167 e. The molecule has 0 aliphatic heterocycles. The third-order valence-corrected chi connectivity index (χ3v) is 6.27. The van der Waals surface area contributed by atoms with Gasteiger partial charge in [0.2, 0.25) is 0 Å². The molecular weight excluding hydrogens is 258 g/mol. The van der Waals surface area contributed by atoms with Crippen LogP contribution in [0.1, 0.15) is 44.7 Å². The molecule has 0 heterocycles. The molecule has 21 heavy (non-hydrogen) atoms. The van der Waals surface area contributed by atoms with Gasteiger partial charge in [0.1, 0.15) is 0 Å². The van der Waals surface area contributed by atoms with E-state index in [1.165, 1.54) is 11.1 Å². The molecule has 0 aromatic heterocycles. The Hall–Kier alpha value is -1.57. The van der Waals surface area contributed by atoms with Crippen molar-refractivity contribution in [3.63, 3.8) is 0 Å². The lowest BCUT2D eigenvalue weighted by Gasteiger charge is -2.31. The number of Topliss-reactive ketones (excluding diaryl/α,β-unsaturated/α-hetero) is 1. The summed E-state index contributed by atoms with van der Waals surface area (Å²) >= 11 is 0. The minimum atomic E-state index is -0.172. The lowest BCUT2D eigenvalue weighted by molar-refractivity contribution is -0.125. The summed E-state index contributed by atoms with van der Waals surface area (Å²) in [4.78, 5) is 12.7. The number of anilines is 1. The normalized spacial score (nSPS) is 32.0. The number of nitrogens with one attached hydrogen (secondary N) is 1. The third kappa shape index (κ3) is 1.88. The Kier molecular flexibility index (Phi) is 3.05. The Labute approximate surface area is 127 Å². The second-order valence-corrected chi connectivity index (χ2v) is 7.52. The molecule has 2 heteroatoms. The molecule has 2 nitrogen and oxygen atoms in total. The summed E-state index contributed by atoms with van der Waals surface area (Å²) < 4.78 is 0. The standard InChI is InChI=1S/C19H25NO/c1-12-6-7-14(10-13(12)2)20-11-15-16-8-9-19(5,17(15)21)18(16,3)4/h6-7,10-11,16,20H,8-9H2,1-5H3/b15-11-/t16-,19-/m0/s1. The number of carbonyl (C=O) groups is 1. The topological polar surface area (TPSA) is 29.1 Å². The van der Waals surface area contributed by atoms with Crippen molar-refractivity contribution in [2.45, 2.75) is 47.5 Å². The van der Waals surface area contributed by atoms with Crippen LogP contribution in [0.2, 0.25) is 0 Å². The molecular formula is C19H25NO. The van der Waals surface area contributed by atoms with Gasteiger partial charge in [-0.05, 0) is 61.3 Å². The number of hydrogen-bond donors (Lipinski definition) is 1. The van der Waals surface area contributed by atoms with E-state index in [2.05, 4.69) is 58.1 Å². The molecule has 0 radical (unpaired) electrons. The highest BCUT2D eigenvalue weighted by atomic mass is 16.1. The zero-order chi connectivity index (χ0) is 15.4. The molecule has 2 aliphatic rings. The van der Waals surface area contributed by atoms with E-state index < -0.39 is 0 Å². The van der Waals surface area contributed by atoms with Crippen molar-refractivity contribution < 1.29 is 4.79 Å².